The first-order valence-corrected chi connectivity index (χ1v) is 6.89. The Bertz CT molecular complexity index is 304. The predicted molar refractivity (Wildman–Crippen MR) is 77.0 cm³/mol. The molecule has 0 saturated heterocycles. The van der Waals surface area contributed by atoms with Gasteiger partial charge in [0, 0.05) is 16.0 Å². The Balaban J connectivity index is 2.23. The van der Waals surface area contributed by atoms with Gasteiger partial charge in [0.2, 0.25) is 0 Å². The standard InChI is InChI=1S/C13H20INO/c1-3-7-15-9-11(2)10-16-13-6-4-5-12(14)8-13/h4-6,8,11,15H,3,7,9-10H2,1-2H3. The van der Waals surface area contributed by atoms with Crippen LogP contribution in [0.3, 0.4) is 0 Å². The molecule has 0 aliphatic carbocycles. The lowest BCUT2D eigenvalue weighted by atomic mass is 10.2. The van der Waals surface area contributed by atoms with Crippen LogP contribution in [0.15, 0.2) is 24.3 Å². The molecule has 1 N–H and O–H groups in total. The van der Waals surface area contributed by atoms with Crippen molar-refractivity contribution in [1.82, 2.24) is 5.32 Å². The zero-order valence-electron chi connectivity index (χ0n) is 10.0. The minimum absolute atomic E-state index is 0.546. The van der Waals surface area contributed by atoms with Gasteiger partial charge in [0.1, 0.15) is 5.75 Å². The molecule has 1 aromatic rings. The highest BCUT2D eigenvalue weighted by Gasteiger charge is 2.02. The van der Waals surface area contributed by atoms with E-state index in [4.69, 9.17) is 4.74 Å². The maximum Gasteiger partial charge on any atom is 0.120 e. The fraction of sp³-hybridized carbons (Fsp3) is 0.538. The molecule has 90 valence electrons. The molecular formula is C13H20INO. The van der Waals surface area contributed by atoms with Crippen LogP contribution < -0.4 is 10.1 Å². The Morgan fingerprint density at radius 3 is 2.94 bits per heavy atom. The lowest BCUT2D eigenvalue weighted by molar-refractivity contribution is 0.255. The average molecular weight is 333 g/mol. The molecule has 0 aromatic heterocycles. The van der Waals surface area contributed by atoms with E-state index < -0.39 is 0 Å². The second kappa shape index (κ2) is 7.90. The number of halogens is 1. The van der Waals surface area contributed by atoms with Gasteiger partial charge in [0.05, 0.1) is 6.61 Å². The molecule has 1 atom stereocenters. The van der Waals surface area contributed by atoms with Crippen LogP contribution in [-0.2, 0) is 0 Å². The van der Waals surface area contributed by atoms with E-state index in [-0.39, 0.29) is 0 Å². The van der Waals surface area contributed by atoms with Gasteiger partial charge in [-0.05, 0) is 53.8 Å². The molecule has 0 saturated carbocycles. The van der Waals surface area contributed by atoms with Crippen molar-refractivity contribution in [1.29, 1.82) is 0 Å². The van der Waals surface area contributed by atoms with E-state index in [1.165, 1.54) is 9.99 Å². The number of benzene rings is 1. The molecular weight excluding hydrogens is 313 g/mol. The van der Waals surface area contributed by atoms with Gasteiger partial charge in [-0.1, -0.05) is 19.9 Å². The molecule has 0 radical (unpaired) electrons. The Hall–Kier alpha value is -0.290. The molecule has 0 fully saturated rings. The van der Waals surface area contributed by atoms with Crippen molar-refractivity contribution < 1.29 is 4.74 Å². The molecule has 0 amide bonds. The normalized spacial score (nSPS) is 12.4. The third-order valence-corrected chi connectivity index (χ3v) is 2.92. The molecule has 0 bridgehead atoms. The highest BCUT2D eigenvalue weighted by atomic mass is 127. The molecule has 0 heterocycles. The number of hydrogen-bond acceptors (Lipinski definition) is 2. The van der Waals surface area contributed by atoms with Crippen LogP contribution in [0.1, 0.15) is 20.3 Å². The maximum absolute atomic E-state index is 5.73. The van der Waals surface area contributed by atoms with Crippen molar-refractivity contribution in [3.8, 4) is 5.75 Å². The first-order chi connectivity index (χ1) is 7.72. The summed E-state index contributed by atoms with van der Waals surface area (Å²) in [5, 5.41) is 3.40. The highest BCUT2D eigenvalue weighted by Crippen LogP contribution is 2.15. The third-order valence-electron chi connectivity index (χ3n) is 2.25. The van der Waals surface area contributed by atoms with Gasteiger partial charge in [-0.2, -0.15) is 0 Å². The minimum atomic E-state index is 0.546. The van der Waals surface area contributed by atoms with Crippen molar-refractivity contribution in [3.05, 3.63) is 27.8 Å². The van der Waals surface area contributed by atoms with E-state index in [1.807, 2.05) is 12.1 Å². The van der Waals surface area contributed by atoms with E-state index in [0.29, 0.717) is 5.92 Å². The fourth-order valence-corrected chi connectivity index (χ4v) is 1.89. The van der Waals surface area contributed by atoms with Gasteiger partial charge in [-0.25, -0.2) is 0 Å². The molecule has 1 unspecified atom stereocenters. The van der Waals surface area contributed by atoms with Crippen molar-refractivity contribution in [2.75, 3.05) is 19.7 Å². The SMILES string of the molecule is CCCNCC(C)COc1cccc(I)c1. The van der Waals surface area contributed by atoms with E-state index in [9.17, 15) is 0 Å². The fourth-order valence-electron chi connectivity index (χ4n) is 1.38. The molecule has 2 nitrogen and oxygen atoms in total. The first kappa shape index (κ1) is 13.8. The summed E-state index contributed by atoms with van der Waals surface area (Å²) in [6, 6.07) is 8.16. The number of hydrogen-bond donors (Lipinski definition) is 1. The van der Waals surface area contributed by atoms with Gasteiger partial charge in [0.25, 0.3) is 0 Å². The quantitative estimate of drug-likeness (QED) is 0.611. The van der Waals surface area contributed by atoms with Gasteiger partial charge in [-0.15, -0.1) is 0 Å². The van der Waals surface area contributed by atoms with Crippen LogP contribution in [0.4, 0.5) is 0 Å². The zero-order chi connectivity index (χ0) is 11.8. The summed E-state index contributed by atoms with van der Waals surface area (Å²) >= 11 is 2.30. The topological polar surface area (TPSA) is 21.3 Å². The Morgan fingerprint density at radius 2 is 2.25 bits per heavy atom. The van der Waals surface area contributed by atoms with Gasteiger partial charge >= 0.3 is 0 Å². The second-order valence-corrected chi connectivity index (χ2v) is 5.32. The molecule has 0 aliphatic heterocycles. The number of rotatable bonds is 7. The summed E-state index contributed by atoms with van der Waals surface area (Å²) in [5.41, 5.74) is 0. The molecule has 16 heavy (non-hydrogen) atoms. The number of ether oxygens (including phenoxy) is 1. The van der Waals surface area contributed by atoms with Crippen LogP contribution in [0.2, 0.25) is 0 Å². The van der Waals surface area contributed by atoms with Crippen molar-refractivity contribution >= 4 is 22.6 Å². The van der Waals surface area contributed by atoms with Crippen molar-refractivity contribution in [2.45, 2.75) is 20.3 Å². The summed E-state index contributed by atoms with van der Waals surface area (Å²) in [4.78, 5) is 0. The van der Waals surface area contributed by atoms with Gasteiger partial charge < -0.3 is 10.1 Å². The van der Waals surface area contributed by atoms with Crippen LogP contribution in [-0.4, -0.2) is 19.7 Å². The predicted octanol–water partition coefficient (Wildman–Crippen LogP) is 3.31. The highest BCUT2D eigenvalue weighted by molar-refractivity contribution is 14.1. The third kappa shape index (κ3) is 5.70. The van der Waals surface area contributed by atoms with Crippen LogP contribution in [0, 0.1) is 9.49 Å². The van der Waals surface area contributed by atoms with Crippen molar-refractivity contribution in [2.24, 2.45) is 5.92 Å². The first-order valence-electron chi connectivity index (χ1n) is 5.81. The van der Waals surface area contributed by atoms with Gasteiger partial charge in [0.15, 0.2) is 0 Å². The Labute approximate surface area is 112 Å². The van der Waals surface area contributed by atoms with E-state index >= 15 is 0 Å². The van der Waals surface area contributed by atoms with E-state index in [1.54, 1.807) is 0 Å². The Morgan fingerprint density at radius 1 is 1.44 bits per heavy atom. The summed E-state index contributed by atoms with van der Waals surface area (Å²) in [6.45, 7) is 7.28. The van der Waals surface area contributed by atoms with Crippen LogP contribution in [0.25, 0.3) is 0 Å². The molecule has 1 rings (SSSR count). The monoisotopic (exact) mass is 333 g/mol. The summed E-state index contributed by atoms with van der Waals surface area (Å²) in [5.74, 6) is 1.51. The summed E-state index contributed by atoms with van der Waals surface area (Å²) < 4.78 is 6.95. The van der Waals surface area contributed by atoms with Crippen molar-refractivity contribution in [3.63, 3.8) is 0 Å². The zero-order valence-corrected chi connectivity index (χ0v) is 12.2. The maximum atomic E-state index is 5.73. The van der Waals surface area contributed by atoms with Gasteiger partial charge in [-0.3, -0.25) is 0 Å². The minimum Gasteiger partial charge on any atom is -0.493 e. The van der Waals surface area contributed by atoms with E-state index in [0.717, 1.165) is 25.4 Å². The van der Waals surface area contributed by atoms with Crippen LogP contribution >= 0.6 is 22.6 Å². The molecule has 3 heteroatoms. The lowest BCUT2D eigenvalue weighted by Gasteiger charge is -2.13. The second-order valence-electron chi connectivity index (χ2n) is 4.08. The number of nitrogens with one attached hydrogen (secondary N) is 1. The smallest absolute Gasteiger partial charge is 0.120 e. The molecule has 0 aliphatic rings. The molecule has 1 aromatic carbocycles. The average Bonchev–Trinajstić information content (AvgIpc) is 2.27. The van der Waals surface area contributed by atoms with E-state index in [2.05, 4.69) is 53.9 Å². The van der Waals surface area contributed by atoms with Crippen LogP contribution in [0.5, 0.6) is 5.75 Å². The largest absolute Gasteiger partial charge is 0.493 e. The Kier molecular flexibility index (Phi) is 6.80. The summed E-state index contributed by atoms with van der Waals surface area (Å²) in [7, 11) is 0. The molecule has 0 spiro atoms. The lowest BCUT2D eigenvalue weighted by Crippen LogP contribution is -2.25. The summed E-state index contributed by atoms with van der Waals surface area (Å²) in [6.07, 6.45) is 1.18.